The van der Waals surface area contributed by atoms with Gasteiger partial charge in [-0.15, -0.1) is 0 Å². The van der Waals surface area contributed by atoms with E-state index >= 15 is 0 Å². The molecule has 0 atom stereocenters. The molecule has 4 heteroatoms. The number of carbonyl (C=O) groups excluding carboxylic acids is 1. The number of amides is 1. The molecule has 0 fully saturated rings. The second-order valence-corrected chi connectivity index (χ2v) is 5.36. The highest BCUT2D eigenvalue weighted by Gasteiger charge is 2.13. The lowest BCUT2D eigenvalue weighted by Crippen LogP contribution is -2.20. The van der Waals surface area contributed by atoms with Crippen LogP contribution in [0.1, 0.15) is 45.7 Å². The number of nitrogens with zero attached hydrogens (tertiary/aromatic N) is 1. The Morgan fingerprint density at radius 2 is 1.84 bits per heavy atom. The zero-order chi connectivity index (χ0) is 14.5. The monoisotopic (exact) mass is 262 g/mol. The molecule has 0 spiro atoms. The minimum atomic E-state index is -0.534. The predicted octanol–water partition coefficient (Wildman–Crippen LogP) is 3.45. The third kappa shape index (κ3) is 4.73. The van der Waals surface area contributed by atoms with E-state index in [-0.39, 0.29) is 5.41 Å². The van der Waals surface area contributed by atoms with Crippen molar-refractivity contribution < 1.29 is 9.53 Å². The normalized spacial score (nSPS) is 12.2. The number of hydrazone groups is 1. The molecule has 0 aliphatic heterocycles. The van der Waals surface area contributed by atoms with Crippen molar-refractivity contribution in [3.05, 3.63) is 35.4 Å². The average molecular weight is 262 g/mol. The summed E-state index contributed by atoms with van der Waals surface area (Å²) in [5, 5.41) is 4.00. The Balaban J connectivity index is 2.75. The molecule has 0 radical (unpaired) electrons. The van der Waals surface area contributed by atoms with E-state index in [0.29, 0.717) is 6.61 Å². The molecule has 1 rings (SSSR count). The lowest BCUT2D eigenvalue weighted by Gasteiger charge is -2.19. The molecule has 0 aliphatic rings. The van der Waals surface area contributed by atoms with Crippen LogP contribution in [0.5, 0.6) is 0 Å². The standard InChI is InChI=1S/C15H22N2O2/c1-6-19-14(18)17-16-11(2)12-7-9-13(10-8-12)15(3,4)5/h7-10H,6H2,1-5H3,(H,17,18). The Labute approximate surface area is 114 Å². The van der Waals surface area contributed by atoms with Gasteiger partial charge in [-0.05, 0) is 30.4 Å². The summed E-state index contributed by atoms with van der Waals surface area (Å²) in [5.74, 6) is 0. The smallest absolute Gasteiger partial charge is 0.427 e. The van der Waals surface area contributed by atoms with Crippen molar-refractivity contribution in [2.45, 2.75) is 40.0 Å². The van der Waals surface area contributed by atoms with Crippen LogP contribution in [0.4, 0.5) is 4.79 Å². The molecule has 1 amide bonds. The highest BCUT2D eigenvalue weighted by Crippen LogP contribution is 2.22. The van der Waals surface area contributed by atoms with E-state index in [1.165, 1.54) is 5.56 Å². The highest BCUT2D eigenvalue weighted by molar-refractivity contribution is 5.99. The van der Waals surface area contributed by atoms with E-state index in [4.69, 9.17) is 4.74 Å². The molecule has 0 heterocycles. The molecule has 1 aromatic rings. The van der Waals surface area contributed by atoms with E-state index in [1.807, 2.05) is 19.1 Å². The molecular weight excluding hydrogens is 240 g/mol. The summed E-state index contributed by atoms with van der Waals surface area (Å²) < 4.78 is 4.73. The van der Waals surface area contributed by atoms with Crippen molar-refractivity contribution in [3.8, 4) is 0 Å². The Kier molecular flexibility index (Phi) is 5.10. The highest BCUT2D eigenvalue weighted by atomic mass is 16.5. The van der Waals surface area contributed by atoms with Gasteiger partial charge in [0.15, 0.2) is 0 Å². The summed E-state index contributed by atoms with van der Waals surface area (Å²) in [6.07, 6.45) is -0.534. The maximum absolute atomic E-state index is 11.1. The van der Waals surface area contributed by atoms with Gasteiger partial charge in [0.2, 0.25) is 0 Å². The molecule has 0 bridgehead atoms. The van der Waals surface area contributed by atoms with Crippen LogP contribution in [0.3, 0.4) is 0 Å². The third-order valence-electron chi connectivity index (χ3n) is 2.76. The van der Waals surface area contributed by atoms with Gasteiger partial charge < -0.3 is 4.74 Å². The van der Waals surface area contributed by atoms with Crippen LogP contribution in [-0.4, -0.2) is 18.4 Å². The van der Waals surface area contributed by atoms with Gasteiger partial charge in [0, 0.05) is 0 Å². The molecule has 0 aliphatic carbocycles. The number of nitrogens with one attached hydrogen (secondary N) is 1. The minimum Gasteiger partial charge on any atom is -0.449 e. The molecule has 4 nitrogen and oxygen atoms in total. The summed E-state index contributed by atoms with van der Waals surface area (Å²) in [4.78, 5) is 11.1. The maximum atomic E-state index is 11.1. The fourth-order valence-corrected chi connectivity index (χ4v) is 1.57. The fraction of sp³-hybridized carbons (Fsp3) is 0.467. The number of benzene rings is 1. The van der Waals surface area contributed by atoms with Crippen LogP contribution in [0.15, 0.2) is 29.4 Å². The van der Waals surface area contributed by atoms with Crippen molar-refractivity contribution in [1.29, 1.82) is 0 Å². The SMILES string of the molecule is CCOC(=O)NN=C(C)c1ccc(C(C)(C)C)cc1. The summed E-state index contributed by atoms with van der Waals surface area (Å²) in [5.41, 5.74) is 5.47. The second kappa shape index (κ2) is 6.36. The average Bonchev–Trinajstić information content (AvgIpc) is 2.35. The van der Waals surface area contributed by atoms with E-state index in [2.05, 4.69) is 43.4 Å². The van der Waals surface area contributed by atoms with Gasteiger partial charge in [0.05, 0.1) is 12.3 Å². The van der Waals surface area contributed by atoms with Crippen molar-refractivity contribution in [1.82, 2.24) is 5.43 Å². The maximum Gasteiger partial charge on any atom is 0.427 e. The molecule has 0 unspecified atom stereocenters. The van der Waals surface area contributed by atoms with Gasteiger partial charge in [0.1, 0.15) is 0 Å². The number of carbonyl (C=O) groups is 1. The Bertz CT molecular complexity index is 456. The van der Waals surface area contributed by atoms with Gasteiger partial charge in [0.25, 0.3) is 0 Å². The summed E-state index contributed by atoms with van der Waals surface area (Å²) in [6, 6.07) is 8.18. The molecule has 1 aromatic carbocycles. The largest absolute Gasteiger partial charge is 0.449 e. The minimum absolute atomic E-state index is 0.132. The number of ether oxygens (including phenoxy) is 1. The lowest BCUT2D eigenvalue weighted by molar-refractivity contribution is 0.152. The molecule has 104 valence electrons. The van der Waals surface area contributed by atoms with Crippen molar-refractivity contribution in [2.75, 3.05) is 6.61 Å². The zero-order valence-corrected chi connectivity index (χ0v) is 12.3. The van der Waals surface area contributed by atoms with Crippen LogP contribution in [0.25, 0.3) is 0 Å². The van der Waals surface area contributed by atoms with E-state index in [0.717, 1.165) is 11.3 Å². The van der Waals surface area contributed by atoms with Crippen molar-refractivity contribution >= 4 is 11.8 Å². The molecule has 0 saturated heterocycles. The van der Waals surface area contributed by atoms with Gasteiger partial charge in [-0.2, -0.15) is 5.10 Å². The van der Waals surface area contributed by atoms with E-state index in [9.17, 15) is 4.79 Å². The molecule has 1 N–H and O–H groups in total. The number of hydrogen-bond acceptors (Lipinski definition) is 3. The summed E-state index contributed by atoms with van der Waals surface area (Å²) in [7, 11) is 0. The van der Waals surface area contributed by atoms with Crippen LogP contribution in [0, 0.1) is 0 Å². The van der Waals surface area contributed by atoms with Gasteiger partial charge >= 0.3 is 6.09 Å². The van der Waals surface area contributed by atoms with Gasteiger partial charge in [-0.1, -0.05) is 45.0 Å². The van der Waals surface area contributed by atoms with Crippen LogP contribution < -0.4 is 5.43 Å². The molecule has 19 heavy (non-hydrogen) atoms. The topological polar surface area (TPSA) is 50.7 Å². The van der Waals surface area contributed by atoms with Crippen LogP contribution >= 0.6 is 0 Å². The van der Waals surface area contributed by atoms with Gasteiger partial charge in [-0.3, -0.25) is 0 Å². The number of rotatable bonds is 3. The summed E-state index contributed by atoms with van der Waals surface area (Å²) >= 11 is 0. The quantitative estimate of drug-likeness (QED) is 0.670. The summed E-state index contributed by atoms with van der Waals surface area (Å²) in [6.45, 7) is 10.4. The molecule has 0 aromatic heterocycles. The Hall–Kier alpha value is -1.84. The van der Waals surface area contributed by atoms with Gasteiger partial charge in [-0.25, -0.2) is 10.2 Å². The van der Waals surface area contributed by atoms with Crippen molar-refractivity contribution in [3.63, 3.8) is 0 Å². The van der Waals surface area contributed by atoms with Crippen molar-refractivity contribution in [2.24, 2.45) is 5.10 Å². The van der Waals surface area contributed by atoms with E-state index in [1.54, 1.807) is 6.92 Å². The fourth-order valence-electron chi connectivity index (χ4n) is 1.57. The first-order valence-electron chi connectivity index (χ1n) is 6.42. The first-order valence-corrected chi connectivity index (χ1v) is 6.42. The van der Waals surface area contributed by atoms with Crippen LogP contribution in [0.2, 0.25) is 0 Å². The van der Waals surface area contributed by atoms with E-state index < -0.39 is 6.09 Å². The second-order valence-electron chi connectivity index (χ2n) is 5.36. The Morgan fingerprint density at radius 3 is 2.32 bits per heavy atom. The van der Waals surface area contributed by atoms with Crippen LogP contribution in [-0.2, 0) is 10.2 Å². The third-order valence-corrected chi connectivity index (χ3v) is 2.76. The lowest BCUT2D eigenvalue weighted by atomic mass is 9.86. The first-order chi connectivity index (χ1) is 8.84. The Morgan fingerprint density at radius 1 is 1.26 bits per heavy atom. The number of hydrogen-bond donors (Lipinski definition) is 1. The molecule has 0 saturated carbocycles. The molecular formula is C15H22N2O2. The zero-order valence-electron chi connectivity index (χ0n) is 12.3. The predicted molar refractivity (Wildman–Crippen MR) is 77.5 cm³/mol. The first kappa shape index (κ1) is 15.2.